The summed E-state index contributed by atoms with van der Waals surface area (Å²) in [6.07, 6.45) is 7.59. The van der Waals surface area contributed by atoms with Crippen molar-refractivity contribution < 1.29 is 9.29 Å². The van der Waals surface area contributed by atoms with E-state index in [0.717, 1.165) is 43.1 Å². The van der Waals surface area contributed by atoms with E-state index >= 15 is 0 Å². The average molecular weight is 577 g/mol. The fourth-order valence-electron chi connectivity index (χ4n) is 5.06. The second-order valence-electron chi connectivity index (χ2n) is 10.7. The Balaban J connectivity index is 1.25. The van der Waals surface area contributed by atoms with Gasteiger partial charge in [0.25, 0.3) is 5.56 Å². The second-order valence-corrected chi connectivity index (χ2v) is 14.0. The molecule has 4 heterocycles. The minimum Gasteiger partial charge on any atom is -0.598 e. The lowest BCUT2D eigenvalue weighted by Gasteiger charge is -2.43. The van der Waals surface area contributed by atoms with Crippen LogP contribution in [0.15, 0.2) is 45.6 Å². The van der Waals surface area contributed by atoms with Crippen molar-refractivity contribution in [1.29, 1.82) is 0 Å². The maximum absolute atomic E-state index is 13.1. The van der Waals surface area contributed by atoms with Gasteiger partial charge in [0.15, 0.2) is 0 Å². The van der Waals surface area contributed by atoms with Crippen LogP contribution in [0.2, 0.25) is 5.02 Å². The highest BCUT2D eigenvalue weighted by molar-refractivity contribution is 7.99. The van der Waals surface area contributed by atoms with Gasteiger partial charge in [0, 0.05) is 34.8 Å². The zero-order valence-electron chi connectivity index (χ0n) is 22.0. The van der Waals surface area contributed by atoms with Crippen LogP contribution in [0, 0.1) is 5.41 Å². The number of aromatic amines is 1. The summed E-state index contributed by atoms with van der Waals surface area (Å²) in [7, 11) is 0. The SMILES string of the molecule is CCC(C)(C)[S+]([O-])N[C@@H]1[C@H](C)OCC12CCN(c1cnc(Sc3ccc4nc[nH]c(=O)c4c3Cl)cn1)CC2. The molecule has 0 amide bonds. The highest BCUT2D eigenvalue weighted by atomic mass is 35.5. The van der Waals surface area contributed by atoms with Crippen LogP contribution in [-0.2, 0) is 16.1 Å². The van der Waals surface area contributed by atoms with E-state index in [4.69, 9.17) is 16.3 Å². The maximum Gasteiger partial charge on any atom is 0.260 e. The number of piperidine rings is 1. The van der Waals surface area contributed by atoms with Crippen LogP contribution in [0.25, 0.3) is 10.9 Å². The molecule has 2 N–H and O–H groups in total. The van der Waals surface area contributed by atoms with Crippen molar-refractivity contribution in [1.82, 2.24) is 24.7 Å². The monoisotopic (exact) mass is 576 g/mol. The Kier molecular flexibility index (Phi) is 7.96. The van der Waals surface area contributed by atoms with Gasteiger partial charge in [-0.3, -0.25) is 4.79 Å². The van der Waals surface area contributed by atoms with Gasteiger partial charge in [0.2, 0.25) is 0 Å². The first-order chi connectivity index (χ1) is 18.1. The van der Waals surface area contributed by atoms with E-state index in [0.29, 0.717) is 27.6 Å². The normalized spacial score (nSPS) is 22.3. The second kappa shape index (κ2) is 10.9. The largest absolute Gasteiger partial charge is 0.598 e. The summed E-state index contributed by atoms with van der Waals surface area (Å²) >= 11 is 6.74. The molecule has 2 fully saturated rings. The van der Waals surface area contributed by atoms with E-state index in [1.807, 2.05) is 19.9 Å². The summed E-state index contributed by atoms with van der Waals surface area (Å²) in [5.74, 6) is 0.821. The molecule has 0 aliphatic carbocycles. The summed E-state index contributed by atoms with van der Waals surface area (Å²) in [5, 5.41) is 1.41. The van der Waals surface area contributed by atoms with Crippen molar-refractivity contribution in [3.63, 3.8) is 0 Å². The lowest BCUT2D eigenvalue weighted by atomic mass is 9.73. The quantitative estimate of drug-likeness (QED) is 0.396. The predicted octanol–water partition coefficient (Wildman–Crippen LogP) is 4.33. The van der Waals surface area contributed by atoms with Gasteiger partial charge in [-0.1, -0.05) is 30.3 Å². The summed E-state index contributed by atoms with van der Waals surface area (Å²) in [5.41, 5.74) is 0.233. The van der Waals surface area contributed by atoms with Crippen LogP contribution in [0.3, 0.4) is 0 Å². The summed E-state index contributed by atoms with van der Waals surface area (Å²) in [4.78, 5) is 31.2. The van der Waals surface area contributed by atoms with Crippen LogP contribution in [0.1, 0.15) is 47.0 Å². The molecule has 38 heavy (non-hydrogen) atoms. The van der Waals surface area contributed by atoms with Gasteiger partial charge in [-0.15, -0.1) is 4.72 Å². The number of aromatic nitrogens is 4. The third kappa shape index (κ3) is 5.29. The number of nitrogens with zero attached hydrogens (tertiary/aromatic N) is 4. The first-order valence-corrected chi connectivity index (χ1v) is 15.2. The Bertz CT molecular complexity index is 1350. The molecule has 2 aliphatic heterocycles. The molecular weight excluding hydrogens is 544 g/mol. The molecule has 2 saturated heterocycles. The Morgan fingerprint density at radius 3 is 2.74 bits per heavy atom. The molecule has 0 radical (unpaired) electrons. The zero-order valence-corrected chi connectivity index (χ0v) is 24.4. The van der Waals surface area contributed by atoms with Crippen LogP contribution < -0.4 is 15.2 Å². The standard InChI is InChI=1S/C26H33ClN6O3S2/c1-5-25(3,4)38(35)32-23-16(2)36-14-26(23)8-10-33(11-9-26)19-12-29-20(13-28-19)37-18-7-6-17-21(22(18)27)24(34)31-15-30-17/h6-7,12-13,15-16,23,32H,5,8-11,14H2,1-4H3,(H,30,31,34)/t16-,23+,38?/m0/s1. The van der Waals surface area contributed by atoms with E-state index in [-0.39, 0.29) is 27.9 Å². The summed E-state index contributed by atoms with van der Waals surface area (Å²) in [6, 6.07) is 3.67. The third-order valence-corrected chi connectivity index (χ3v) is 11.2. The number of fused-ring (bicyclic) bond motifs is 1. The Morgan fingerprint density at radius 2 is 2.05 bits per heavy atom. The Morgan fingerprint density at radius 1 is 1.29 bits per heavy atom. The molecule has 0 saturated carbocycles. The van der Waals surface area contributed by atoms with Gasteiger partial charge in [-0.2, -0.15) is 0 Å². The van der Waals surface area contributed by atoms with Gasteiger partial charge >= 0.3 is 0 Å². The van der Waals surface area contributed by atoms with Crippen molar-refractivity contribution in [2.24, 2.45) is 5.41 Å². The molecule has 12 heteroatoms. The molecular formula is C26H33ClN6O3S2. The van der Waals surface area contributed by atoms with Gasteiger partial charge in [-0.25, -0.2) is 15.0 Å². The number of H-pyrrole nitrogens is 1. The molecule has 5 rings (SSSR count). The number of hydrogen-bond acceptors (Lipinski definition) is 9. The van der Waals surface area contributed by atoms with Crippen LogP contribution in [0.4, 0.5) is 5.82 Å². The van der Waals surface area contributed by atoms with E-state index in [2.05, 4.69) is 43.4 Å². The number of halogens is 1. The topological polar surface area (TPSA) is 119 Å². The number of rotatable bonds is 7. The number of nitrogens with one attached hydrogen (secondary N) is 2. The van der Waals surface area contributed by atoms with Gasteiger partial charge in [0.1, 0.15) is 15.6 Å². The predicted molar refractivity (Wildman–Crippen MR) is 152 cm³/mol. The van der Waals surface area contributed by atoms with Gasteiger partial charge in [0.05, 0.1) is 53.4 Å². The van der Waals surface area contributed by atoms with Crippen LogP contribution in [-0.4, -0.2) is 61.1 Å². The Hall–Kier alpha value is -1.89. The maximum atomic E-state index is 13.1. The minimum absolute atomic E-state index is 0.0163. The van der Waals surface area contributed by atoms with Crippen LogP contribution >= 0.6 is 23.4 Å². The first kappa shape index (κ1) is 27.7. The number of hydrogen-bond donors (Lipinski definition) is 2. The van der Waals surface area contributed by atoms with Crippen molar-refractivity contribution in [3.8, 4) is 0 Å². The summed E-state index contributed by atoms with van der Waals surface area (Å²) < 4.78 is 22.3. The molecule has 0 bridgehead atoms. The van der Waals surface area contributed by atoms with E-state index in [1.165, 1.54) is 18.1 Å². The van der Waals surface area contributed by atoms with Crippen molar-refractivity contribution in [3.05, 3.63) is 46.2 Å². The van der Waals surface area contributed by atoms with Crippen molar-refractivity contribution >= 4 is 51.4 Å². The van der Waals surface area contributed by atoms with Crippen molar-refractivity contribution in [2.75, 3.05) is 24.6 Å². The van der Waals surface area contributed by atoms with Crippen molar-refractivity contribution in [2.45, 2.75) is 73.8 Å². The highest BCUT2D eigenvalue weighted by Gasteiger charge is 2.52. The molecule has 1 unspecified atom stereocenters. The van der Waals surface area contributed by atoms with Gasteiger partial charge < -0.3 is 19.2 Å². The molecule has 9 nitrogen and oxygen atoms in total. The fourth-order valence-corrected chi connectivity index (χ4v) is 7.44. The van der Waals surface area contributed by atoms with Gasteiger partial charge in [-0.05, 0) is 52.2 Å². The average Bonchev–Trinajstić information content (AvgIpc) is 3.21. The number of benzene rings is 1. The minimum atomic E-state index is -1.14. The molecule has 1 spiro atoms. The van der Waals surface area contributed by atoms with E-state index in [9.17, 15) is 9.35 Å². The molecule has 204 valence electrons. The highest BCUT2D eigenvalue weighted by Crippen LogP contribution is 2.44. The lowest BCUT2D eigenvalue weighted by molar-refractivity contribution is 0.0973. The lowest BCUT2D eigenvalue weighted by Crippen LogP contribution is -2.57. The first-order valence-electron chi connectivity index (χ1n) is 12.8. The zero-order chi connectivity index (χ0) is 27.1. The van der Waals surface area contributed by atoms with E-state index < -0.39 is 11.4 Å². The number of anilines is 1. The molecule has 1 aromatic carbocycles. The number of ether oxygens (including phenoxy) is 1. The fraction of sp³-hybridized carbons (Fsp3) is 0.538. The third-order valence-electron chi connectivity index (χ3n) is 7.97. The molecule has 3 atom stereocenters. The summed E-state index contributed by atoms with van der Waals surface area (Å²) in [6.45, 7) is 10.6. The molecule has 3 aromatic rings. The Labute approximate surface area is 234 Å². The smallest absolute Gasteiger partial charge is 0.260 e. The molecule has 2 aliphatic rings. The molecule has 2 aromatic heterocycles. The van der Waals surface area contributed by atoms with Crippen LogP contribution in [0.5, 0.6) is 0 Å². The van der Waals surface area contributed by atoms with E-state index in [1.54, 1.807) is 18.5 Å².